The van der Waals surface area contributed by atoms with E-state index >= 15 is 0 Å². The molecule has 128 valence electrons. The van der Waals surface area contributed by atoms with E-state index in [4.69, 9.17) is 9.47 Å². The molecule has 7 heteroatoms. The van der Waals surface area contributed by atoms with Crippen molar-refractivity contribution in [2.24, 2.45) is 0 Å². The third-order valence-corrected chi connectivity index (χ3v) is 2.69. The fraction of sp³-hybridized carbons (Fsp3) is 0.222. The molecular formula is C18H18O6Zn. The van der Waals surface area contributed by atoms with Gasteiger partial charge in [0.25, 0.3) is 0 Å². The van der Waals surface area contributed by atoms with Gasteiger partial charge in [-0.3, -0.25) is 0 Å². The molecule has 0 aliphatic rings. The number of hydrogen-bond acceptors (Lipinski definition) is 6. The summed E-state index contributed by atoms with van der Waals surface area (Å²) in [6.07, 6.45) is 0. The Hall–Kier alpha value is -2.40. The molecule has 0 aliphatic carbocycles. The van der Waals surface area contributed by atoms with Crippen LogP contribution in [0.5, 0.6) is 11.5 Å². The zero-order chi connectivity index (χ0) is 17.9. The number of carboxylic acid groups (broad SMARTS) is 2. The maximum atomic E-state index is 10.0. The van der Waals surface area contributed by atoms with Crippen molar-refractivity contribution in [3.63, 3.8) is 0 Å². The van der Waals surface area contributed by atoms with Gasteiger partial charge in [-0.1, -0.05) is 24.3 Å². The number of hydrogen-bond donors (Lipinski definition) is 0. The van der Waals surface area contributed by atoms with Crippen LogP contribution in [0.1, 0.15) is 11.1 Å². The van der Waals surface area contributed by atoms with E-state index in [1.807, 2.05) is 26.0 Å². The second-order valence-corrected chi connectivity index (χ2v) is 4.95. The first kappa shape index (κ1) is 22.6. The van der Waals surface area contributed by atoms with Gasteiger partial charge in [0.2, 0.25) is 0 Å². The van der Waals surface area contributed by atoms with Crippen LogP contribution in [0, 0.1) is 13.8 Å². The Balaban J connectivity index is 0.000000443. The normalized spacial score (nSPS) is 9.04. The van der Waals surface area contributed by atoms with Crippen molar-refractivity contribution in [1.82, 2.24) is 0 Å². The Morgan fingerprint density at radius 2 is 1.16 bits per heavy atom. The monoisotopic (exact) mass is 394 g/mol. The summed E-state index contributed by atoms with van der Waals surface area (Å²) in [5, 5.41) is 20.0. The topological polar surface area (TPSA) is 98.7 Å². The smallest absolute Gasteiger partial charge is 0.546 e. The van der Waals surface area contributed by atoms with Crippen LogP contribution in [0.2, 0.25) is 0 Å². The van der Waals surface area contributed by atoms with Crippen molar-refractivity contribution >= 4 is 11.9 Å². The van der Waals surface area contributed by atoms with Gasteiger partial charge in [-0.05, 0) is 49.2 Å². The molecule has 0 amide bonds. The van der Waals surface area contributed by atoms with Crippen molar-refractivity contribution in [2.45, 2.75) is 13.8 Å². The molecule has 0 fully saturated rings. The number of rotatable bonds is 6. The molecule has 2 aromatic carbocycles. The number of carboxylic acids is 2. The molecule has 0 atom stereocenters. The van der Waals surface area contributed by atoms with Gasteiger partial charge in [0, 0.05) is 0 Å². The van der Waals surface area contributed by atoms with E-state index in [9.17, 15) is 19.8 Å². The maximum Gasteiger partial charge on any atom is 2.00 e. The van der Waals surface area contributed by atoms with Crippen LogP contribution >= 0.6 is 0 Å². The number of benzene rings is 2. The zero-order valence-corrected chi connectivity index (χ0v) is 17.2. The van der Waals surface area contributed by atoms with Gasteiger partial charge in [0.05, 0.1) is 11.9 Å². The first-order chi connectivity index (χ1) is 11.4. The van der Waals surface area contributed by atoms with Gasteiger partial charge in [-0.15, -0.1) is 0 Å². The fourth-order valence-electron chi connectivity index (χ4n) is 1.69. The largest absolute Gasteiger partial charge is 2.00 e. The van der Waals surface area contributed by atoms with Gasteiger partial charge in [-0.25, -0.2) is 0 Å². The zero-order valence-electron chi connectivity index (χ0n) is 14.2. The first-order valence-electron chi connectivity index (χ1n) is 7.15. The summed E-state index contributed by atoms with van der Waals surface area (Å²) in [4.78, 5) is 20.0. The maximum absolute atomic E-state index is 10.0. The number of carbonyl (C=O) groups is 2. The molecule has 0 saturated carbocycles. The van der Waals surface area contributed by atoms with Crippen LogP contribution in [-0.4, -0.2) is 25.2 Å². The standard InChI is InChI=1S/2C9H10O3.Zn/c2*1-7-3-2-4-8(5-7)12-6-9(10)11;/h2*2-5H,6H2,1H3,(H,10,11);/q;;+2/p-2. The van der Waals surface area contributed by atoms with E-state index < -0.39 is 25.2 Å². The minimum Gasteiger partial charge on any atom is -0.546 e. The van der Waals surface area contributed by atoms with Crippen LogP contribution in [0.15, 0.2) is 48.5 Å². The predicted molar refractivity (Wildman–Crippen MR) is 83.4 cm³/mol. The molecule has 0 saturated heterocycles. The van der Waals surface area contributed by atoms with Crippen molar-refractivity contribution in [2.75, 3.05) is 13.2 Å². The average Bonchev–Trinajstić information content (AvgIpc) is 2.52. The molecule has 0 spiro atoms. The summed E-state index contributed by atoms with van der Waals surface area (Å²) in [5.41, 5.74) is 2.07. The van der Waals surface area contributed by atoms with E-state index in [1.165, 1.54) is 0 Å². The van der Waals surface area contributed by atoms with Gasteiger partial charge < -0.3 is 29.3 Å². The van der Waals surface area contributed by atoms with Crippen LogP contribution in [0.25, 0.3) is 0 Å². The van der Waals surface area contributed by atoms with Gasteiger partial charge >= 0.3 is 19.5 Å². The quantitative estimate of drug-likeness (QED) is 0.650. The van der Waals surface area contributed by atoms with Gasteiger partial charge in [0.1, 0.15) is 24.7 Å². The van der Waals surface area contributed by atoms with E-state index in [0.717, 1.165) is 11.1 Å². The minimum absolute atomic E-state index is 0. The van der Waals surface area contributed by atoms with Crippen molar-refractivity contribution < 1.29 is 48.8 Å². The van der Waals surface area contributed by atoms with Crippen LogP contribution in [-0.2, 0) is 29.1 Å². The number of aliphatic carboxylic acids is 2. The molecular weight excluding hydrogens is 378 g/mol. The van der Waals surface area contributed by atoms with Gasteiger partial charge in [0.15, 0.2) is 0 Å². The third kappa shape index (κ3) is 10.9. The Morgan fingerprint density at radius 1 is 0.800 bits per heavy atom. The molecule has 6 nitrogen and oxygen atoms in total. The SMILES string of the molecule is Cc1cccc(OCC(=O)[O-])c1.Cc1cccc(OCC(=O)[O-])c1.[Zn+2]. The van der Waals surface area contributed by atoms with Crippen LogP contribution < -0.4 is 19.7 Å². The second-order valence-electron chi connectivity index (χ2n) is 4.95. The molecule has 2 aromatic rings. The molecule has 0 heterocycles. The minimum atomic E-state index is -1.21. The van der Waals surface area contributed by atoms with Crippen molar-refractivity contribution in [3.05, 3.63) is 59.7 Å². The molecule has 0 N–H and O–H groups in total. The second kappa shape index (κ2) is 12.0. The van der Waals surface area contributed by atoms with E-state index in [-0.39, 0.29) is 19.5 Å². The molecule has 2 rings (SSSR count). The fourth-order valence-corrected chi connectivity index (χ4v) is 1.69. The summed E-state index contributed by atoms with van der Waals surface area (Å²) in [7, 11) is 0. The third-order valence-electron chi connectivity index (χ3n) is 2.69. The molecule has 0 aromatic heterocycles. The molecule has 0 radical (unpaired) electrons. The Labute approximate surface area is 159 Å². The number of aryl methyl sites for hydroxylation is 2. The summed E-state index contributed by atoms with van der Waals surface area (Å²) >= 11 is 0. The van der Waals surface area contributed by atoms with Crippen LogP contribution in [0.3, 0.4) is 0 Å². The van der Waals surface area contributed by atoms with Crippen LogP contribution in [0.4, 0.5) is 0 Å². The number of ether oxygens (including phenoxy) is 2. The summed E-state index contributed by atoms with van der Waals surface area (Å²) in [6.45, 7) is 3.02. The van der Waals surface area contributed by atoms with Gasteiger partial charge in [-0.2, -0.15) is 0 Å². The first-order valence-corrected chi connectivity index (χ1v) is 7.15. The molecule has 0 unspecified atom stereocenters. The van der Waals surface area contributed by atoms with E-state index in [0.29, 0.717) is 11.5 Å². The molecule has 0 aliphatic heterocycles. The van der Waals surface area contributed by atoms with Crippen molar-refractivity contribution in [3.8, 4) is 11.5 Å². The Kier molecular flexibility index (Phi) is 10.9. The predicted octanol–water partition coefficient (Wildman–Crippen LogP) is 0.245. The van der Waals surface area contributed by atoms with Crippen molar-refractivity contribution in [1.29, 1.82) is 0 Å². The number of carbonyl (C=O) groups excluding carboxylic acids is 2. The average molecular weight is 396 g/mol. The van der Waals surface area contributed by atoms with E-state index in [2.05, 4.69) is 0 Å². The Morgan fingerprint density at radius 3 is 1.44 bits per heavy atom. The summed E-state index contributed by atoms with van der Waals surface area (Å²) in [6, 6.07) is 14.4. The summed E-state index contributed by atoms with van der Waals surface area (Å²) in [5.74, 6) is -1.31. The van der Waals surface area contributed by atoms with E-state index in [1.54, 1.807) is 36.4 Å². The summed E-state index contributed by atoms with van der Waals surface area (Å²) < 4.78 is 9.77. The molecule has 25 heavy (non-hydrogen) atoms. The molecule has 0 bridgehead atoms. The Bertz CT molecular complexity index is 627.